The number of carbonyl (C=O) groups excluding carboxylic acids is 1. The Labute approximate surface area is 114 Å². The van der Waals surface area contributed by atoms with Gasteiger partial charge in [-0.2, -0.15) is 5.10 Å². The van der Waals surface area contributed by atoms with Crippen LogP contribution in [0.25, 0.3) is 0 Å². The largest absolute Gasteiger partial charge is 0.478 e. The number of amides is 2. The third kappa shape index (κ3) is 3.31. The van der Waals surface area contributed by atoms with Gasteiger partial charge in [0.05, 0.1) is 17.8 Å². The average Bonchev–Trinajstić information content (AvgIpc) is 2.91. The minimum atomic E-state index is -1.10. The molecule has 20 heavy (non-hydrogen) atoms. The van der Waals surface area contributed by atoms with Crippen LogP contribution in [0.2, 0.25) is 0 Å². The highest BCUT2D eigenvalue weighted by molar-refractivity contribution is 6.00. The normalized spacial score (nSPS) is 10.1. The summed E-state index contributed by atoms with van der Waals surface area (Å²) in [5.41, 5.74) is 1.08. The Morgan fingerprint density at radius 1 is 1.40 bits per heavy atom. The molecule has 0 radical (unpaired) electrons. The van der Waals surface area contributed by atoms with Crippen LogP contribution in [0.1, 0.15) is 21.7 Å². The van der Waals surface area contributed by atoms with Gasteiger partial charge in [0, 0.05) is 0 Å². The maximum atomic E-state index is 11.7. The van der Waals surface area contributed by atoms with E-state index in [4.69, 9.17) is 5.11 Å². The van der Waals surface area contributed by atoms with E-state index in [1.165, 1.54) is 12.4 Å². The Balaban J connectivity index is 2.02. The van der Waals surface area contributed by atoms with Crippen LogP contribution in [0.5, 0.6) is 0 Å². The van der Waals surface area contributed by atoms with Crippen LogP contribution in [-0.2, 0) is 6.54 Å². The van der Waals surface area contributed by atoms with Gasteiger partial charge in [-0.1, -0.05) is 11.6 Å². The summed E-state index contributed by atoms with van der Waals surface area (Å²) < 4.78 is 0. The van der Waals surface area contributed by atoms with Gasteiger partial charge in [0.2, 0.25) is 0 Å². The molecule has 8 heteroatoms. The van der Waals surface area contributed by atoms with Gasteiger partial charge in [0.1, 0.15) is 12.2 Å². The van der Waals surface area contributed by atoms with E-state index in [2.05, 4.69) is 25.8 Å². The molecule has 104 valence electrons. The van der Waals surface area contributed by atoms with Crippen molar-refractivity contribution in [2.75, 3.05) is 5.32 Å². The van der Waals surface area contributed by atoms with Gasteiger partial charge in [0.25, 0.3) is 0 Å². The summed E-state index contributed by atoms with van der Waals surface area (Å²) in [6.45, 7) is 1.94. The summed E-state index contributed by atoms with van der Waals surface area (Å²) in [5, 5.41) is 20.4. The second-order valence-electron chi connectivity index (χ2n) is 4.09. The number of anilines is 1. The third-order valence-corrected chi connectivity index (χ3v) is 2.53. The topological polar surface area (TPSA) is 120 Å². The minimum absolute atomic E-state index is 0.0415. The molecule has 0 aliphatic carbocycles. The smallest absolute Gasteiger partial charge is 0.337 e. The number of hydrogen-bond donors (Lipinski definition) is 4. The number of urea groups is 1. The van der Waals surface area contributed by atoms with Gasteiger partial charge in [-0.15, -0.1) is 0 Å². The number of H-pyrrole nitrogens is 1. The maximum Gasteiger partial charge on any atom is 0.337 e. The van der Waals surface area contributed by atoms with Gasteiger partial charge in [-0.3, -0.25) is 5.10 Å². The molecule has 2 rings (SSSR count). The molecule has 8 nitrogen and oxygen atoms in total. The Kier molecular flexibility index (Phi) is 3.94. The van der Waals surface area contributed by atoms with Crippen LogP contribution in [0.4, 0.5) is 10.5 Å². The van der Waals surface area contributed by atoms with Crippen LogP contribution in [-0.4, -0.2) is 32.3 Å². The van der Waals surface area contributed by atoms with Crippen LogP contribution >= 0.6 is 0 Å². The summed E-state index contributed by atoms with van der Waals surface area (Å²) >= 11 is 0. The first kappa shape index (κ1) is 13.5. The molecule has 0 saturated heterocycles. The van der Waals surface area contributed by atoms with Crippen LogP contribution < -0.4 is 10.6 Å². The van der Waals surface area contributed by atoms with Crippen molar-refractivity contribution < 1.29 is 14.7 Å². The monoisotopic (exact) mass is 275 g/mol. The lowest BCUT2D eigenvalue weighted by molar-refractivity contribution is 0.0698. The van der Waals surface area contributed by atoms with Crippen molar-refractivity contribution in [3.05, 3.63) is 41.5 Å². The van der Waals surface area contributed by atoms with Crippen LogP contribution in [0.15, 0.2) is 24.5 Å². The molecule has 0 saturated carbocycles. The minimum Gasteiger partial charge on any atom is -0.478 e. The SMILES string of the molecule is Cc1ccc(NC(=O)NCc2ncn[nH]2)c(C(=O)O)c1. The molecular weight excluding hydrogens is 262 g/mol. The number of carboxylic acid groups (broad SMARTS) is 1. The highest BCUT2D eigenvalue weighted by Crippen LogP contribution is 2.17. The van der Waals surface area contributed by atoms with Crippen molar-refractivity contribution in [2.45, 2.75) is 13.5 Å². The molecule has 0 aliphatic rings. The third-order valence-electron chi connectivity index (χ3n) is 2.53. The average molecular weight is 275 g/mol. The number of hydrogen-bond acceptors (Lipinski definition) is 4. The van der Waals surface area contributed by atoms with Gasteiger partial charge < -0.3 is 15.7 Å². The fourth-order valence-electron chi connectivity index (χ4n) is 1.59. The molecular formula is C12H13N5O3. The zero-order valence-electron chi connectivity index (χ0n) is 10.7. The number of nitrogens with one attached hydrogen (secondary N) is 3. The van der Waals surface area contributed by atoms with E-state index in [9.17, 15) is 9.59 Å². The Morgan fingerprint density at radius 2 is 2.20 bits per heavy atom. The molecule has 0 fully saturated rings. The Morgan fingerprint density at radius 3 is 2.85 bits per heavy atom. The number of aromatic carboxylic acids is 1. The molecule has 2 amide bonds. The summed E-state index contributed by atoms with van der Waals surface area (Å²) in [4.78, 5) is 26.6. The zero-order chi connectivity index (χ0) is 14.5. The van der Waals surface area contributed by atoms with Crippen LogP contribution in [0, 0.1) is 6.92 Å². The van der Waals surface area contributed by atoms with Crippen molar-refractivity contribution in [3.63, 3.8) is 0 Å². The number of carboxylic acids is 1. The first-order valence-electron chi connectivity index (χ1n) is 5.79. The molecule has 0 bridgehead atoms. The number of rotatable bonds is 4. The highest BCUT2D eigenvalue weighted by Gasteiger charge is 2.12. The van der Waals surface area contributed by atoms with Gasteiger partial charge in [0.15, 0.2) is 0 Å². The second-order valence-corrected chi connectivity index (χ2v) is 4.09. The predicted molar refractivity (Wildman–Crippen MR) is 70.4 cm³/mol. The molecule has 0 unspecified atom stereocenters. The summed E-state index contributed by atoms with van der Waals surface area (Å²) in [7, 11) is 0. The highest BCUT2D eigenvalue weighted by atomic mass is 16.4. The van der Waals surface area contributed by atoms with E-state index in [1.54, 1.807) is 19.1 Å². The molecule has 1 aromatic heterocycles. The quantitative estimate of drug-likeness (QED) is 0.666. The molecule has 4 N–H and O–H groups in total. The van der Waals surface area contributed by atoms with Gasteiger partial charge >= 0.3 is 12.0 Å². The molecule has 0 aliphatic heterocycles. The first-order valence-corrected chi connectivity index (χ1v) is 5.79. The molecule has 1 heterocycles. The van der Waals surface area contributed by atoms with Crippen molar-refractivity contribution in [1.29, 1.82) is 0 Å². The van der Waals surface area contributed by atoms with Crippen molar-refractivity contribution >= 4 is 17.7 Å². The van der Waals surface area contributed by atoms with E-state index in [1.807, 2.05) is 0 Å². The lowest BCUT2D eigenvalue weighted by Crippen LogP contribution is -2.29. The number of aromatic nitrogens is 3. The summed E-state index contributed by atoms with van der Waals surface area (Å²) in [6.07, 6.45) is 1.33. The van der Waals surface area contributed by atoms with Gasteiger partial charge in [-0.05, 0) is 19.1 Å². The Bertz CT molecular complexity index is 624. The zero-order valence-corrected chi connectivity index (χ0v) is 10.7. The second kappa shape index (κ2) is 5.83. The summed E-state index contributed by atoms with van der Waals surface area (Å²) in [5.74, 6) is -0.596. The van der Waals surface area contributed by atoms with E-state index in [0.717, 1.165) is 5.56 Å². The number of benzene rings is 1. The molecule has 0 atom stereocenters. The lowest BCUT2D eigenvalue weighted by Gasteiger charge is -2.09. The number of aromatic amines is 1. The molecule has 0 spiro atoms. The van der Waals surface area contributed by atoms with Crippen molar-refractivity contribution in [1.82, 2.24) is 20.5 Å². The summed E-state index contributed by atoms with van der Waals surface area (Å²) in [6, 6.07) is 4.24. The standard InChI is InChI=1S/C12H13N5O3/c1-7-2-3-9(8(4-7)11(18)19)16-12(20)13-5-10-14-6-15-17-10/h2-4,6H,5H2,1H3,(H,18,19)(H2,13,16,20)(H,14,15,17). The fraction of sp³-hybridized carbons (Fsp3) is 0.167. The van der Waals surface area contributed by atoms with E-state index < -0.39 is 12.0 Å². The predicted octanol–water partition coefficient (Wildman–Crippen LogP) is 1.13. The van der Waals surface area contributed by atoms with Crippen molar-refractivity contribution in [3.8, 4) is 0 Å². The van der Waals surface area contributed by atoms with Crippen molar-refractivity contribution in [2.24, 2.45) is 0 Å². The molecule has 1 aromatic carbocycles. The fourth-order valence-corrected chi connectivity index (χ4v) is 1.59. The number of carbonyl (C=O) groups is 2. The van der Waals surface area contributed by atoms with E-state index in [0.29, 0.717) is 5.82 Å². The molecule has 2 aromatic rings. The number of aryl methyl sites for hydroxylation is 1. The van der Waals surface area contributed by atoms with Crippen LogP contribution in [0.3, 0.4) is 0 Å². The van der Waals surface area contributed by atoms with E-state index >= 15 is 0 Å². The Hall–Kier alpha value is -2.90. The van der Waals surface area contributed by atoms with E-state index in [-0.39, 0.29) is 17.8 Å². The van der Waals surface area contributed by atoms with Gasteiger partial charge in [-0.25, -0.2) is 14.6 Å². The number of nitrogens with zero attached hydrogens (tertiary/aromatic N) is 2. The first-order chi connectivity index (χ1) is 9.56. The lowest BCUT2D eigenvalue weighted by atomic mass is 10.1. The maximum absolute atomic E-state index is 11.7.